The Morgan fingerprint density at radius 2 is 2.03 bits per heavy atom. The maximum atomic E-state index is 10.9. The van der Waals surface area contributed by atoms with Gasteiger partial charge in [0.25, 0.3) is 5.69 Å². The molecule has 0 fully saturated rings. The summed E-state index contributed by atoms with van der Waals surface area (Å²) in [7, 11) is 1.81. The molecule has 4 rings (SSSR count). The third kappa shape index (κ3) is 4.44. The van der Waals surface area contributed by atoms with Crippen molar-refractivity contribution >= 4 is 44.7 Å². The van der Waals surface area contributed by atoms with Crippen LogP contribution in [0.5, 0.6) is 5.88 Å². The second-order valence-corrected chi connectivity index (χ2v) is 7.73. The largest absolute Gasteiger partial charge is 0.475 e. The van der Waals surface area contributed by atoms with Crippen molar-refractivity contribution < 1.29 is 9.66 Å². The monoisotopic (exact) mass is 460 g/mol. The first-order chi connectivity index (χ1) is 14.5. The number of halogens is 1. The first-order valence-corrected chi connectivity index (χ1v) is 10.2. The molecule has 0 aliphatic heterocycles. The first kappa shape index (κ1) is 22.4. The predicted molar refractivity (Wildman–Crippen MR) is 123 cm³/mol. The van der Waals surface area contributed by atoms with E-state index in [-0.39, 0.29) is 13.1 Å². The lowest BCUT2D eigenvalue weighted by Crippen LogP contribution is -2.13. The van der Waals surface area contributed by atoms with Crippen LogP contribution >= 0.6 is 22.9 Å². The van der Waals surface area contributed by atoms with Crippen molar-refractivity contribution in [3.63, 3.8) is 0 Å². The van der Waals surface area contributed by atoms with Gasteiger partial charge in [-0.3, -0.25) is 14.8 Å². The average molecular weight is 461 g/mol. The van der Waals surface area contributed by atoms with E-state index in [4.69, 9.17) is 16.3 Å². The molecule has 1 aromatic carbocycles. The number of hydrogen-bond acceptors (Lipinski definition) is 8. The van der Waals surface area contributed by atoms with E-state index in [0.717, 1.165) is 27.0 Å². The number of nitro groups is 1. The molecule has 0 aliphatic carbocycles. The number of nitro benzene ring substituents is 1. The van der Waals surface area contributed by atoms with Gasteiger partial charge in [0, 0.05) is 35.7 Å². The number of anilines is 1. The van der Waals surface area contributed by atoms with E-state index in [1.807, 2.05) is 19.4 Å². The number of thiophene rings is 1. The molecule has 0 aliphatic rings. The number of ether oxygens (including phenoxy) is 1. The van der Waals surface area contributed by atoms with Crippen LogP contribution in [0.2, 0.25) is 5.02 Å². The van der Waals surface area contributed by atoms with Gasteiger partial charge in [-0.15, -0.1) is 16.4 Å². The van der Waals surface area contributed by atoms with Crippen molar-refractivity contribution in [2.45, 2.75) is 14.4 Å². The summed E-state index contributed by atoms with van der Waals surface area (Å²) in [4.78, 5) is 19.7. The smallest absolute Gasteiger partial charge is 0.269 e. The van der Waals surface area contributed by atoms with Crippen LogP contribution in [0, 0.1) is 17.0 Å². The number of nitrogens with zero attached hydrogens (tertiary/aromatic N) is 5. The van der Waals surface area contributed by atoms with E-state index in [9.17, 15) is 10.1 Å². The highest BCUT2D eigenvalue weighted by atomic mass is 35.5. The number of nitrogens with one attached hydrogen (secondary N) is 1. The number of fused-ring (bicyclic) bond motifs is 1. The third-order valence-corrected chi connectivity index (χ3v) is 5.86. The van der Waals surface area contributed by atoms with E-state index in [2.05, 4.69) is 20.4 Å². The van der Waals surface area contributed by atoms with E-state index in [0.29, 0.717) is 29.9 Å². The van der Waals surface area contributed by atoms with Crippen molar-refractivity contribution in [3.05, 3.63) is 56.7 Å². The molecule has 3 aromatic heterocycles. The average Bonchev–Trinajstić information content (AvgIpc) is 3.25. The fraction of sp³-hybridized carbons (Fsp3) is 0.250. The minimum Gasteiger partial charge on any atom is -0.475 e. The predicted octanol–water partition coefficient (Wildman–Crippen LogP) is 5.09. The van der Waals surface area contributed by atoms with Crippen LogP contribution in [0.4, 0.5) is 11.5 Å². The van der Waals surface area contributed by atoms with Crippen LogP contribution in [0.1, 0.15) is 13.0 Å². The molecular formula is C20H21ClN6O3S. The molecular weight excluding hydrogens is 440 g/mol. The highest BCUT2D eigenvalue weighted by molar-refractivity contribution is 7.17. The molecule has 0 unspecified atom stereocenters. The molecule has 0 saturated carbocycles. The Bertz CT molecular complexity index is 1220. The topological polar surface area (TPSA) is 108 Å². The lowest BCUT2D eigenvalue weighted by molar-refractivity contribution is -0.384. The van der Waals surface area contributed by atoms with E-state index in [1.54, 1.807) is 16.8 Å². The van der Waals surface area contributed by atoms with Gasteiger partial charge in [-0.1, -0.05) is 19.0 Å². The number of benzene rings is 1. The summed E-state index contributed by atoms with van der Waals surface area (Å²) in [5.74, 6) is 1.17. The SMILES string of the molecule is C.Cc1c(OCCNc2ncnc3scc(Cl)c23)nn(C)c1-c1ccc([N+](=O)[O-])cc1. The minimum absolute atomic E-state index is 0. The molecule has 0 amide bonds. The molecule has 4 aromatic rings. The zero-order valence-corrected chi connectivity index (χ0v) is 17.7. The van der Waals surface area contributed by atoms with Crippen LogP contribution in [0.25, 0.3) is 21.5 Å². The number of rotatable bonds is 7. The molecule has 0 saturated heterocycles. The minimum atomic E-state index is -0.421. The van der Waals surface area contributed by atoms with Gasteiger partial charge < -0.3 is 10.1 Å². The third-order valence-electron chi connectivity index (χ3n) is 4.55. The van der Waals surface area contributed by atoms with Gasteiger partial charge in [0.2, 0.25) is 5.88 Å². The maximum absolute atomic E-state index is 10.9. The highest BCUT2D eigenvalue weighted by Gasteiger charge is 2.16. The summed E-state index contributed by atoms with van der Waals surface area (Å²) in [6, 6.07) is 6.37. The molecule has 0 radical (unpaired) electrons. The lowest BCUT2D eigenvalue weighted by atomic mass is 10.1. The standard InChI is InChI=1S/C19H17ClN6O3S.CH4/c1-11-16(12-3-5-13(6-4-12)26(27)28)25(2)24-18(11)29-8-7-21-17-15-14(20)9-30-19(15)23-10-22-17;/h3-6,9-10H,7-8H2,1-2H3,(H,21,22,23);1H4. The Morgan fingerprint density at radius 1 is 1.29 bits per heavy atom. The van der Waals surface area contributed by atoms with E-state index in [1.165, 1.54) is 29.8 Å². The van der Waals surface area contributed by atoms with Gasteiger partial charge in [0.15, 0.2) is 0 Å². The van der Waals surface area contributed by atoms with E-state index < -0.39 is 4.92 Å². The summed E-state index contributed by atoms with van der Waals surface area (Å²) < 4.78 is 7.56. The van der Waals surface area contributed by atoms with Crippen LogP contribution in [-0.2, 0) is 7.05 Å². The fourth-order valence-corrected chi connectivity index (χ4v) is 4.31. The molecule has 9 nitrogen and oxygen atoms in total. The summed E-state index contributed by atoms with van der Waals surface area (Å²) >= 11 is 7.69. The Hall–Kier alpha value is -3.24. The van der Waals surface area contributed by atoms with Crippen molar-refractivity contribution in [2.75, 3.05) is 18.5 Å². The van der Waals surface area contributed by atoms with Gasteiger partial charge in [0.1, 0.15) is 23.6 Å². The van der Waals surface area contributed by atoms with Crippen molar-refractivity contribution in [2.24, 2.45) is 7.05 Å². The Morgan fingerprint density at radius 3 is 2.74 bits per heavy atom. The quantitative estimate of drug-likeness (QED) is 0.232. The Labute approximate surface area is 187 Å². The Balaban J connectivity index is 0.00000272. The van der Waals surface area contributed by atoms with Gasteiger partial charge in [-0.2, -0.15) is 0 Å². The zero-order chi connectivity index (χ0) is 21.3. The van der Waals surface area contributed by atoms with Crippen molar-refractivity contribution in [1.29, 1.82) is 0 Å². The zero-order valence-electron chi connectivity index (χ0n) is 16.1. The number of aromatic nitrogens is 4. The lowest BCUT2D eigenvalue weighted by Gasteiger charge is -2.08. The van der Waals surface area contributed by atoms with Gasteiger partial charge in [-0.05, 0) is 19.1 Å². The summed E-state index contributed by atoms with van der Waals surface area (Å²) in [6.45, 7) is 2.78. The molecule has 1 N–H and O–H groups in total. The highest BCUT2D eigenvalue weighted by Crippen LogP contribution is 2.33. The molecule has 0 bridgehead atoms. The number of non-ortho nitro benzene ring substituents is 1. The molecule has 11 heteroatoms. The van der Waals surface area contributed by atoms with Crippen LogP contribution in [0.15, 0.2) is 36.0 Å². The number of hydrogen-bond donors (Lipinski definition) is 1. The summed E-state index contributed by atoms with van der Waals surface area (Å²) in [5.41, 5.74) is 2.58. The van der Waals surface area contributed by atoms with Gasteiger partial charge in [0.05, 0.1) is 27.6 Å². The van der Waals surface area contributed by atoms with Gasteiger partial charge >= 0.3 is 0 Å². The first-order valence-electron chi connectivity index (χ1n) is 8.98. The second-order valence-electron chi connectivity index (χ2n) is 6.47. The van der Waals surface area contributed by atoms with Crippen LogP contribution < -0.4 is 10.1 Å². The summed E-state index contributed by atoms with van der Waals surface area (Å²) in [5, 5.41) is 21.8. The van der Waals surface area contributed by atoms with Crippen LogP contribution in [0.3, 0.4) is 0 Å². The Kier molecular flexibility index (Phi) is 6.71. The molecule has 0 spiro atoms. The van der Waals surface area contributed by atoms with E-state index >= 15 is 0 Å². The molecule has 3 heterocycles. The molecule has 162 valence electrons. The maximum Gasteiger partial charge on any atom is 0.269 e. The second kappa shape index (κ2) is 9.27. The fourth-order valence-electron chi connectivity index (χ4n) is 3.18. The van der Waals surface area contributed by atoms with Crippen LogP contribution in [-0.4, -0.2) is 37.8 Å². The summed E-state index contributed by atoms with van der Waals surface area (Å²) in [6.07, 6.45) is 1.50. The molecule has 0 atom stereocenters. The molecule has 31 heavy (non-hydrogen) atoms. The van der Waals surface area contributed by atoms with Gasteiger partial charge in [-0.25, -0.2) is 9.97 Å². The normalized spacial score (nSPS) is 10.7. The van der Waals surface area contributed by atoms with Crippen molar-refractivity contribution in [3.8, 4) is 17.1 Å². The number of aryl methyl sites for hydroxylation is 1. The van der Waals surface area contributed by atoms with Crippen molar-refractivity contribution in [1.82, 2.24) is 19.7 Å².